The SMILES string of the molecule is O=C(c1c[nH]cc1-c1ccc(F)c(F)c1)c1cccc2ccccc12. The molecule has 0 saturated heterocycles. The molecule has 0 bridgehead atoms. The molecule has 0 spiro atoms. The molecular weight excluding hydrogens is 320 g/mol. The number of halogens is 2. The van der Waals surface area contributed by atoms with Gasteiger partial charge < -0.3 is 4.98 Å². The molecule has 0 aliphatic rings. The number of nitrogens with one attached hydrogen (secondary N) is 1. The number of hydrogen-bond donors (Lipinski definition) is 1. The number of hydrogen-bond acceptors (Lipinski definition) is 1. The zero-order valence-electron chi connectivity index (χ0n) is 13.1. The standard InChI is InChI=1S/C21H13F2NO/c22-19-9-8-14(10-20(19)23)17-11-24-12-18(17)21(25)16-7-3-5-13-4-1-2-6-15(13)16/h1-12,24H. The number of rotatable bonds is 3. The van der Waals surface area contributed by atoms with Gasteiger partial charge in [-0.3, -0.25) is 4.79 Å². The van der Waals surface area contributed by atoms with Gasteiger partial charge in [-0.15, -0.1) is 0 Å². The van der Waals surface area contributed by atoms with E-state index in [-0.39, 0.29) is 5.78 Å². The van der Waals surface area contributed by atoms with Gasteiger partial charge in [0.15, 0.2) is 17.4 Å². The molecule has 0 unspecified atom stereocenters. The minimum atomic E-state index is -0.942. The molecule has 122 valence electrons. The molecule has 3 aromatic carbocycles. The Morgan fingerprint density at radius 3 is 2.44 bits per heavy atom. The Balaban J connectivity index is 1.84. The van der Waals surface area contributed by atoms with Crippen LogP contribution < -0.4 is 0 Å². The van der Waals surface area contributed by atoms with Crippen LogP contribution in [0.5, 0.6) is 0 Å². The highest BCUT2D eigenvalue weighted by Crippen LogP contribution is 2.29. The molecule has 4 aromatic rings. The van der Waals surface area contributed by atoms with E-state index in [4.69, 9.17) is 0 Å². The number of ketones is 1. The summed E-state index contributed by atoms with van der Waals surface area (Å²) in [5.74, 6) is -2.03. The summed E-state index contributed by atoms with van der Waals surface area (Å²) in [6, 6.07) is 16.8. The third kappa shape index (κ3) is 2.62. The Bertz CT molecular complexity index is 1090. The zero-order chi connectivity index (χ0) is 17.4. The van der Waals surface area contributed by atoms with Crippen LogP contribution in [0.25, 0.3) is 21.9 Å². The maximum atomic E-state index is 13.6. The molecule has 0 atom stereocenters. The van der Waals surface area contributed by atoms with Gasteiger partial charge in [-0.2, -0.15) is 0 Å². The van der Waals surface area contributed by atoms with Crippen molar-refractivity contribution in [1.82, 2.24) is 4.98 Å². The van der Waals surface area contributed by atoms with Crippen molar-refractivity contribution in [3.8, 4) is 11.1 Å². The lowest BCUT2D eigenvalue weighted by Crippen LogP contribution is -2.02. The maximum Gasteiger partial charge on any atom is 0.195 e. The average molecular weight is 333 g/mol. The predicted octanol–water partition coefficient (Wildman–Crippen LogP) is 5.34. The van der Waals surface area contributed by atoms with Gasteiger partial charge >= 0.3 is 0 Å². The van der Waals surface area contributed by atoms with E-state index in [0.717, 1.165) is 22.9 Å². The van der Waals surface area contributed by atoms with E-state index in [0.29, 0.717) is 22.3 Å². The molecular formula is C21H13F2NO. The highest BCUT2D eigenvalue weighted by molar-refractivity contribution is 6.18. The van der Waals surface area contributed by atoms with Crippen LogP contribution in [0.4, 0.5) is 8.78 Å². The topological polar surface area (TPSA) is 32.9 Å². The lowest BCUT2D eigenvalue weighted by Gasteiger charge is -2.07. The van der Waals surface area contributed by atoms with Crippen molar-refractivity contribution >= 4 is 16.6 Å². The van der Waals surface area contributed by atoms with E-state index in [1.165, 1.54) is 6.07 Å². The fourth-order valence-electron chi connectivity index (χ4n) is 3.02. The van der Waals surface area contributed by atoms with E-state index in [9.17, 15) is 13.6 Å². The summed E-state index contributed by atoms with van der Waals surface area (Å²) in [4.78, 5) is 16.0. The number of aromatic amines is 1. The number of carbonyl (C=O) groups excluding carboxylic acids is 1. The Morgan fingerprint density at radius 2 is 1.60 bits per heavy atom. The second kappa shape index (κ2) is 5.98. The van der Waals surface area contributed by atoms with Crippen molar-refractivity contribution < 1.29 is 13.6 Å². The molecule has 4 heteroatoms. The summed E-state index contributed by atoms with van der Waals surface area (Å²) in [5, 5.41) is 1.82. The summed E-state index contributed by atoms with van der Waals surface area (Å²) in [6.07, 6.45) is 3.20. The minimum absolute atomic E-state index is 0.169. The molecule has 2 nitrogen and oxygen atoms in total. The van der Waals surface area contributed by atoms with Crippen molar-refractivity contribution in [2.75, 3.05) is 0 Å². The van der Waals surface area contributed by atoms with Crippen molar-refractivity contribution in [2.45, 2.75) is 0 Å². The minimum Gasteiger partial charge on any atom is -0.366 e. The maximum absolute atomic E-state index is 13.6. The highest BCUT2D eigenvalue weighted by atomic mass is 19.2. The van der Waals surface area contributed by atoms with E-state index in [1.807, 2.05) is 36.4 Å². The predicted molar refractivity (Wildman–Crippen MR) is 93.5 cm³/mol. The second-order valence-corrected chi connectivity index (χ2v) is 5.77. The molecule has 0 saturated carbocycles. The molecule has 0 radical (unpaired) electrons. The van der Waals surface area contributed by atoms with Gasteiger partial charge in [-0.05, 0) is 28.5 Å². The van der Waals surface area contributed by atoms with E-state index in [1.54, 1.807) is 18.5 Å². The smallest absolute Gasteiger partial charge is 0.195 e. The molecule has 0 amide bonds. The molecule has 0 aliphatic carbocycles. The van der Waals surface area contributed by atoms with Crippen molar-refractivity contribution in [3.05, 3.63) is 95.8 Å². The molecule has 4 rings (SSSR count). The van der Waals surface area contributed by atoms with Crippen molar-refractivity contribution in [3.63, 3.8) is 0 Å². The molecule has 25 heavy (non-hydrogen) atoms. The number of fused-ring (bicyclic) bond motifs is 1. The first kappa shape index (κ1) is 15.3. The first-order valence-electron chi connectivity index (χ1n) is 7.80. The van der Waals surface area contributed by atoms with Gasteiger partial charge in [0.05, 0.1) is 0 Å². The summed E-state index contributed by atoms with van der Waals surface area (Å²) in [6.45, 7) is 0. The monoisotopic (exact) mass is 333 g/mol. The first-order chi connectivity index (χ1) is 12.1. The van der Waals surface area contributed by atoms with Crippen LogP contribution in [0.3, 0.4) is 0 Å². The molecule has 1 N–H and O–H groups in total. The van der Waals surface area contributed by atoms with Crippen LogP contribution in [0, 0.1) is 11.6 Å². The third-order valence-corrected chi connectivity index (χ3v) is 4.26. The molecule has 0 fully saturated rings. The largest absolute Gasteiger partial charge is 0.366 e. The van der Waals surface area contributed by atoms with Crippen LogP contribution in [-0.2, 0) is 0 Å². The number of carbonyl (C=O) groups is 1. The first-order valence-corrected chi connectivity index (χ1v) is 7.80. The van der Waals surface area contributed by atoms with Gasteiger partial charge in [0, 0.05) is 29.1 Å². The molecule has 0 aliphatic heterocycles. The average Bonchev–Trinajstić information content (AvgIpc) is 3.12. The van der Waals surface area contributed by atoms with E-state index in [2.05, 4.69) is 4.98 Å². The lowest BCUT2D eigenvalue weighted by molar-refractivity contribution is 0.104. The van der Waals surface area contributed by atoms with Crippen LogP contribution in [0.2, 0.25) is 0 Å². The Labute approximate surface area is 142 Å². The zero-order valence-corrected chi connectivity index (χ0v) is 13.1. The fourth-order valence-corrected chi connectivity index (χ4v) is 3.02. The molecule has 1 heterocycles. The van der Waals surface area contributed by atoms with E-state index >= 15 is 0 Å². The second-order valence-electron chi connectivity index (χ2n) is 5.77. The number of aromatic nitrogens is 1. The highest BCUT2D eigenvalue weighted by Gasteiger charge is 2.18. The lowest BCUT2D eigenvalue weighted by atomic mass is 9.94. The van der Waals surface area contributed by atoms with Gasteiger partial charge in [0.2, 0.25) is 0 Å². The van der Waals surface area contributed by atoms with Crippen LogP contribution in [-0.4, -0.2) is 10.8 Å². The van der Waals surface area contributed by atoms with Crippen molar-refractivity contribution in [2.24, 2.45) is 0 Å². The van der Waals surface area contributed by atoms with Gasteiger partial charge in [0.1, 0.15) is 0 Å². The molecule has 1 aromatic heterocycles. The van der Waals surface area contributed by atoms with Crippen LogP contribution in [0.1, 0.15) is 15.9 Å². The Morgan fingerprint density at radius 1 is 0.800 bits per heavy atom. The third-order valence-electron chi connectivity index (χ3n) is 4.26. The summed E-state index contributed by atoms with van der Waals surface area (Å²) >= 11 is 0. The fraction of sp³-hybridized carbons (Fsp3) is 0. The Kier molecular flexibility index (Phi) is 3.65. The summed E-state index contributed by atoms with van der Waals surface area (Å²) in [7, 11) is 0. The van der Waals surface area contributed by atoms with Crippen LogP contribution in [0.15, 0.2) is 73.1 Å². The number of H-pyrrole nitrogens is 1. The number of benzene rings is 3. The summed E-state index contributed by atoms with van der Waals surface area (Å²) < 4.78 is 26.8. The summed E-state index contributed by atoms with van der Waals surface area (Å²) in [5.41, 5.74) is 1.98. The normalized spacial score (nSPS) is 11.0. The van der Waals surface area contributed by atoms with Crippen LogP contribution >= 0.6 is 0 Å². The van der Waals surface area contributed by atoms with Crippen molar-refractivity contribution in [1.29, 1.82) is 0 Å². The van der Waals surface area contributed by atoms with Gasteiger partial charge in [-0.25, -0.2) is 8.78 Å². The Hall–Kier alpha value is -3.27. The van der Waals surface area contributed by atoms with Gasteiger partial charge in [-0.1, -0.05) is 48.5 Å². The van der Waals surface area contributed by atoms with Gasteiger partial charge in [0.25, 0.3) is 0 Å². The quantitative estimate of drug-likeness (QED) is 0.504. The van der Waals surface area contributed by atoms with E-state index < -0.39 is 11.6 Å².